The van der Waals surface area contributed by atoms with Gasteiger partial charge in [0.2, 0.25) is 0 Å². The van der Waals surface area contributed by atoms with Crippen molar-refractivity contribution in [2.24, 2.45) is 0 Å². The third kappa shape index (κ3) is 3.66. The van der Waals surface area contributed by atoms with Gasteiger partial charge in [-0.1, -0.05) is 18.2 Å². The van der Waals surface area contributed by atoms with Crippen LogP contribution in [0.1, 0.15) is 39.8 Å². The van der Waals surface area contributed by atoms with Crippen molar-refractivity contribution < 1.29 is 23.1 Å². The zero-order chi connectivity index (χ0) is 18.2. The average Bonchev–Trinajstić information content (AvgIpc) is 2.95. The monoisotopic (exact) mass is 350 g/mol. The van der Waals surface area contributed by atoms with E-state index in [4.69, 9.17) is 0 Å². The fourth-order valence-electron chi connectivity index (χ4n) is 3.09. The zero-order valence-electron chi connectivity index (χ0n) is 13.5. The number of pyridine rings is 1. The summed E-state index contributed by atoms with van der Waals surface area (Å²) in [4.78, 5) is 18.3. The first-order valence-corrected chi connectivity index (χ1v) is 7.85. The Morgan fingerprint density at radius 3 is 2.64 bits per heavy atom. The summed E-state index contributed by atoms with van der Waals surface area (Å²) in [5, 5.41) is 9.97. The van der Waals surface area contributed by atoms with E-state index < -0.39 is 29.8 Å². The van der Waals surface area contributed by atoms with Crippen molar-refractivity contribution in [3.8, 4) is 0 Å². The van der Waals surface area contributed by atoms with Gasteiger partial charge < -0.3 is 10.0 Å². The lowest BCUT2D eigenvalue weighted by Gasteiger charge is -2.25. The molecule has 3 rings (SSSR count). The Hall–Kier alpha value is -2.41. The summed E-state index contributed by atoms with van der Waals surface area (Å²) in [6, 6.07) is 9.27. The highest BCUT2D eigenvalue weighted by atomic mass is 19.4. The maximum Gasteiger partial charge on any atom is 0.416 e. The lowest BCUT2D eigenvalue weighted by Crippen LogP contribution is -2.32. The van der Waals surface area contributed by atoms with E-state index in [0.717, 1.165) is 12.1 Å². The number of aryl methyl sites for hydroxylation is 1. The molecule has 0 saturated carbocycles. The van der Waals surface area contributed by atoms with E-state index in [0.29, 0.717) is 11.3 Å². The van der Waals surface area contributed by atoms with Crippen LogP contribution in [0.3, 0.4) is 0 Å². The van der Waals surface area contributed by atoms with Crippen LogP contribution < -0.4 is 0 Å². The van der Waals surface area contributed by atoms with Gasteiger partial charge in [0.15, 0.2) is 0 Å². The second kappa shape index (κ2) is 6.48. The number of hydrogen-bond donors (Lipinski definition) is 1. The van der Waals surface area contributed by atoms with Gasteiger partial charge in [-0.15, -0.1) is 0 Å². The second-order valence-corrected chi connectivity index (χ2v) is 6.15. The Kier molecular flexibility index (Phi) is 4.51. The number of aromatic nitrogens is 1. The Balaban J connectivity index is 1.94. The number of amides is 1. The van der Waals surface area contributed by atoms with Crippen molar-refractivity contribution in [2.75, 3.05) is 6.54 Å². The summed E-state index contributed by atoms with van der Waals surface area (Å²) < 4.78 is 38.9. The SMILES string of the molecule is Cc1cccc(C(=O)N2C[C@@H](O)C[C@@H]2c2cccc(C(F)(F)F)c2)n1. The van der Waals surface area contributed by atoms with Crippen molar-refractivity contribution in [1.82, 2.24) is 9.88 Å². The number of likely N-dealkylation sites (tertiary alicyclic amines) is 1. The minimum absolute atomic E-state index is 0.0648. The largest absolute Gasteiger partial charge is 0.416 e. The fraction of sp³-hybridized carbons (Fsp3) is 0.333. The number of alkyl halides is 3. The second-order valence-electron chi connectivity index (χ2n) is 6.15. The standard InChI is InChI=1S/C18H17F3N2O2/c1-11-4-2-7-15(22-11)17(25)23-10-14(24)9-16(23)12-5-3-6-13(8-12)18(19,20)21/h2-8,14,16,24H,9-10H2,1H3/t14-,16+/m0/s1. The molecule has 1 amide bonds. The van der Waals surface area contributed by atoms with E-state index in [1.807, 2.05) is 0 Å². The number of benzene rings is 1. The van der Waals surface area contributed by atoms with Gasteiger partial charge >= 0.3 is 6.18 Å². The quantitative estimate of drug-likeness (QED) is 0.904. The predicted octanol–water partition coefficient (Wildman–Crippen LogP) is 3.36. The molecule has 7 heteroatoms. The van der Waals surface area contributed by atoms with Crippen LogP contribution in [-0.4, -0.2) is 33.5 Å². The smallest absolute Gasteiger partial charge is 0.391 e. The minimum Gasteiger partial charge on any atom is -0.391 e. The Bertz CT molecular complexity index is 792. The van der Waals surface area contributed by atoms with E-state index >= 15 is 0 Å². The minimum atomic E-state index is -4.46. The summed E-state index contributed by atoms with van der Waals surface area (Å²) in [6.07, 6.45) is -5.05. The van der Waals surface area contributed by atoms with Crippen LogP contribution in [0.5, 0.6) is 0 Å². The molecule has 2 heterocycles. The molecule has 0 unspecified atom stereocenters. The lowest BCUT2D eigenvalue weighted by atomic mass is 10.0. The average molecular weight is 350 g/mol. The van der Waals surface area contributed by atoms with Crippen LogP contribution in [0.4, 0.5) is 13.2 Å². The van der Waals surface area contributed by atoms with Gasteiger partial charge in [-0.3, -0.25) is 4.79 Å². The molecule has 0 bridgehead atoms. The molecule has 0 radical (unpaired) electrons. The van der Waals surface area contributed by atoms with Crippen molar-refractivity contribution in [3.63, 3.8) is 0 Å². The highest BCUT2D eigenvalue weighted by Gasteiger charge is 2.38. The first-order valence-electron chi connectivity index (χ1n) is 7.85. The van der Waals surface area contributed by atoms with Crippen LogP contribution in [-0.2, 0) is 6.18 Å². The molecule has 1 aromatic carbocycles. The Morgan fingerprint density at radius 1 is 1.24 bits per heavy atom. The predicted molar refractivity (Wildman–Crippen MR) is 84.8 cm³/mol. The van der Waals surface area contributed by atoms with Crippen LogP contribution in [0.15, 0.2) is 42.5 Å². The van der Waals surface area contributed by atoms with Gasteiger partial charge in [0.05, 0.1) is 17.7 Å². The summed E-state index contributed by atoms with van der Waals surface area (Å²) in [6.45, 7) is 1.81. The first kappa shape index (κ1) is 17.4. The maximum atomic E-state index is 13.0. The van der Waals surface area contributed by atoms with Gasteiger partial charge in [-0.05, 0) is 43.2 Å². The Morgan fingerprint density at radius 2 is 1.96 bits per heavy atom. The van der Waals surface area contributed by atoms with Gasteiger partial charge in [-0.25, -0.2) is 4.98 Å². The molecular formula is C18H17F3N2O2. The number of β-amino-alcohol motifs (C(OH)–C–C–N with tert-alkyl or cyclic N) is 1. The zero-order valence-corrected chi connectivity index (χ0v) is 13.5. The molecular weight excluding hydrogens is 333 g/mol. The number of hydrogen-bond acceptors (Lipinski definition) is 3. The number of rotatable bonds is 2. The van der Waals surface area contributed by atoms with E-state index in [9.17, 15) is 23.1 Å². The molecule has 1 aliphatic rings. The Labute approximate surface area is 142 Å². The van der Waals surface area contributed by atoms with Crippen LogP contribution in [0, 0.1) is 6.92 Å². The summed E-state index contributed by atoms with van der Waals surface area (Å²) in [7, 11) is 0. The van der Waals surface area contributed by atoms with Crippen LogP contribution in [0.25, 0.3) is 0 Å². The molecule has 1 aliphatic heterocycles. The van der Waals surface area contributed by atoms with Crippen LogP contribution in [0.2, 0.25) is 0 Å². The van der Waals surface area contributed by atoms with Crippen molar-refractivity contribution >= 4 is 5.91 Å². The highest BCUT2D eigenvalue weighted by Crippen LogP contribution is 2.36. The van der Waals surface area contributed by atoms with Gasteiger partial charge in [-0.2, -0.15) is 13.2 Å². The summed E-state index contributed by atoms with van der Waals surface area (Å²) in [5.74, 6) is -0.400. The number of aliphatic hydroxyl groups excluding tert-OH is 1. The van der Waals surface area contributed by atoms with E-state index in [1.165, 1.54) is 11.0 Å². The number of carbonyl (C=O) groups excluding carboxylic acids is 1. The van der Waals surface area contributed by atoms with Crippen molar-refractivity contribution in [1.29, 1.82) is 0 Å². The summed E-state index contributed by atoms with van der Waals surface area (Å²) in [5.41, 5.74) is 0.465. The number of aliphatic hydroxyl groups is 1. The summed E-state index contributed by atoms with van der Waals surface area (Å²) >= 11 is 0. The van der Waals surface area contributed by atoms with E-state index in [-0.39, 0.29) is 18.7 Å². The first-order chi connectivity index (χ1) is 11.8. The van der Waals surface area contributed by atoms with Crippen molar-refractivity contribution in [2.45, 2.75) is 31.7 Å². The van der Waals surface area contributed by atoms with Gasteiger partial charge in [0.1, 0.15) is 5.69 Å². The van der Waals surface area contributed by atoms with Gasteiger partial charge in [0, 0.05) is 12.2 Å². The van der Waals surface area contributed by atoms with E-state index in [1.54, 1.807) is 31.2 Å². The molecule has 25 heavy (non-hydrogen) atoms. The van der Waals surface area contributed by atoms with Crippen molar-refractivity contribution in [3.05, 3.63) is 65.0 Å². The molecule has 1 fully saturated rings. The molecule has 1 aromatic heterocycles. The normalized spacial score (nSPS) is 20.8. The molecule has 0 spiro atoms. The molecule has 1 N–H and O–H groups in total. The maximum absolute atomic E-state index is 13.0. The number of nitrogens with zero attached hydrogens (tertiary/aromatic N) is 2. The molecule has 2 atom stereocenters. The topological polar surface area (TPSA) is 53.4 Å². The van der Waals surface area contributed by atoms with Gasteiger partial charge in [0.25, 0.3) is 5.91 Å². The molecule has 132 valence electrons. The third-order valence-corrected chi connectivity index (χ3v) is 4.25. The number of halogens is 3. The van der Waals surface area contributed by atoms with E-state index in [2.05, 4.69) is 4.98 Å². The molecule has 2 aromatic rings. The number of carbonyl (C=O) groups is 1. The third-order valence-electron chi connectivity index (χ3n) is 4.25. The molecule has 1 saturated heterocycles. The highest BCUT2D eigenvalue weighted by molar-refractivity contribution is 5.92. The molecule has 4 nitrogen and oxygen atoms in total. The fourth-order valence-corrected chi connectivity index (χ4v) is 3.09. The molecule has 0 aliphatic carbocycles. The van der Waals surface area contributed by atoms with Crippen LogP contribution >= 0.6 is 0 Å². The lowest BCUT2D eigenvalue weighted by molar-refractivity contribution is -0.137.